The fraction of sp³-hybridized carbons (Fsp3) is 0.133. The normalized spacial score (nSPS) is 12.2. The van der Waals surface area contributed by atoms with Gasteiger partial charge in [-0.1, -0.05) is 24.3 Å². The molecule has 3 rings (SSSR count). The van der Waals surface area contributed by atoms with Crippen LogP contribution in [0.2, 0.25) is 0 Å². The minimum atomic E-state index is 0.0946. The third kappa shape index (κ3) is 1.45. The average Bonchev–Trinajstić information content (AvgIpc) is 2.65. The SMILES string of the molecule is CCOc1ccc2c(c1)C(=O)c1ccccc1-2. The lowest BCUT2D eigenvalue weighted by Gasteiger charge is -2.04. The molecule has 0 heterocycles. The Balaban J connectivity index is 2.17. The summed E-state index contributed by atoms with van der Waals surface area (Å²) in [5.74, 6) is 0.851. The summed E-state index contributed by atoms with van der Waals surface area (Å²) in [6, 6.07) is 13.4. The highest BCUT2D eigenvalue weighted by atomic mass is 16.5. The van der Waals surface area contributed by atoms with Crippen LogP contribution in [0.15, 0.2) is 42.5 Å². The Labute approximate surface area is 99.9 Å². The van der Waals surface area contributed by atoms with E-state index in [1.54, 1.807) is 0 Å². The Morgan fingerprint density at radius 2 is 1.65 bits per heavy atom. The van der Waals surface area contributed by atoms with Crippen molar-refractivity contribution in [3.63, 3.8) is 0 Å². The first-order chi connectivity index (χ1) is 8.31. The second-order valence-corrected chi connectivity index (χ2v) is 4.02. The fourth-order valence-electron chi connectivity index (χ4n) is 2.26. The predicted octanol–water partition coefficient (Wildman–Crippen LogP) is 3.30. The maximum absolute atomic E-state index is 12.2. The van der Waals surface area contributed by atoms with Gasteiger partial charge in [-0.3, -0.25) is 4.79 Å². The second kappa shape index (κ2) is 3.74. The molecule has 0 radical (unpaired) electrons. The molecular weight excluding hydrogens is 212 g/mol. The molecule has 0 N–H and O–H groups in total. The second-order valence-electron chi connectivity index (χ2n) is 4.02. The number of rotatable bonds is 2. The summed E-state index contributed by atoms with van der Waals surface area (Å²) < 4.78 is 5.43. The quantitative estimate of drug-likeness (QED) is 0.667. The highest BCUT2D eigenvalue weighted by Gasteiger charge is 2.26. The van der Waals surface area contributed by atoms with Gasteiger partial charge in [-0.2, -0.15) is 0 Å². The van der Waals surface area contributed by atoms with Crippen molar-refractivity contribution in [2.75, 3.05) is 6.61 Å². The zero-order valence-corrected chi connectivity index (χ0v) is 9.57. The monoisotopic (exact) mass is 224 g/mol. The van der Waals surface area contributed by atoms with Gasteiger partial charge in [0.05, 0.1) is 6.61 Å². The number of carbonyl (C=O) groups is 1. The van der Waals surface area contributed by atoms with E-state index < -0.39 is 0 Å². The number of benzene rings is 2. The molecule has 2 nitrogen and oxygen atoms in total. The average molecular weight is 224 g/mol. The van der Waals surface area contributed by atoms with Gasteiger partial charge in [0.25, 0.3) is 0 Å². The Morgan fingerprint density at radius 3 is 2.41 bits per heavy atom. The van der Waals surface area contributed by atoms with Crippen molar-refractivity contribution in [1.82, 2.24) is 0 Å². The maximum Gasteiger partial charge on any atom is 0.194 e. The summed E-state index contributed by atoms with van der Waals surface area (Å²) in [7, 11) is 0. The van der Waals surface area contributed by atoms with Crippen LogP contribution in [0.4, 0.5) is 0 Å². The number of ether oxygens (including phenoxy) is 1. The molecule has 0 saturated carbocycles. The Bertz CT molecular complexity index is 600. The molecule has 2 aromatic carbocycles. The van der Waals surface area contributed by atoms with Crippen molar-refractivity contribution in [3.8, 4) is 16.9 Å². The smallest absolute Gasteiger partial charge is 0.194 e. The summed E-state index contributed by atoms with van der Waals surface area (Å²) >= 11 is 0. The zero-order chi connectivity index (χ0) is 11.8. The predicted molar refractivity (Wildman–Crippen MR) is 66.5 cm³/mol. The standard InChI is InChI=1S/C15H12O2/c1-2-17-10-7-8-12-11-5-3-4-6-13(11)15(16)14(12)9-10/h3-9H,2H2,1H3. The van der Waals surface area contributed by atoms with Crippen molar-refractivity contribution < 1.29 is 9.53 Å². The Morgan fingerprint density at radius 1 is 0.941 bits per heavy atom. The summed E-state index contributed by atoms with van der Waals surface area (Å²) in [4.78, 5) is 12.2. The van der Waals surface area contributed by atoms with Gasteiger partial charge in [0, 0.05) is 11.1 Å². The lowest BCUT2D eigenvalue weighted by Crippen LogP contribution is -1.97. The number of fused-ring (bicyclic) bond motifs is 3. The van der Waals surface area contributed by atoms with E-state index in [9.17, 15) is 4.79 Å². The number of hydrogen-bond acceptors (Lipinski definition) is 2. The molecule has 0 bridgehead atoms. The first-order valence-electron chi connectivity index (χ1n) is 5.72. The van der Waals surface area contributed by atoms with Gasteiger partial charge < -0.3 is 4.74 Å². The molecular formula is C15H12O2. The molecule has 1 aliphatic carbocycles. The van der Waals surface area contributed by atoms with Gasteiger partial charge in [0.15, 0.2) is 5.78 Å². The van der Waals surface area contributed by atoms with Crippen LogP contribution >= 0.6 is 0 Å². The number of carbonyl (C=O) groups excluding carboxylic acids is 1. The fourth-order valence-corrected chi connectivity index (χ4v) is 2.26. The molecule has 0 aromatic heterocycles. The first kappa shape index (κ1) is 10.1. The van der Waals surface area contributed by atoms with Gasteiger partial charge in [0.1, 0.15) is 5.75 Å². The lowest BCUT2D eigenvalue weighted by molar-refractivity contribution is 0.104. The van der Waals surface area contributed by atoms with E-state index in [2.05, 4.69) is 0 Å². The number of ketones is 1. The van der Waals surface area contributed by atoms with Crippen molar-refractivity contribution in [1.29, 1.82) is 0 Å². The molecule has 0 fully saturated rings. The number of hydrogen-bond donors (Lipinski definition) is 0. The van der Waals surface area contributed by atoms with E-state index in [1.807, 2.05) is 49.4 Å². The molecule has 0 amide bonds. The third-order valence-corrected chi connectivity index (χ3v) is 3.01. The molecule has 0 spiro atoms. The first-order valence-corrected chi connectivity index (χ1v) is 5.72. The van der Waals surface area contributed by atoms with Crippen molar-refractivity contribution in [2.45, 2.75) is 6.92 Å². The van der Waals surface area contributed by atoms with Crippen LogP contribution in [0.3, 0.4) is 0 Å². The van der Waals surface area contributed by atoms with E-state index in [1.165, 1.54) is 0 Å². The Hall–Kier alpha value is -2.09. The largest absolute Gasteiger partial charge is 0.494 e. The Kier molecular flexibility index (Phi) is 2.22. The van der Waals surface area contributed by atoms with Crippen LogP contribution in [-0.2, 0) is 0 Å². The zero-order valence-electron chi connectivity index (χ0n) is 9.57. The van der Waals surface area contributed by atoms with E-state index in [4.69, 9.17) is 4.74 Å². The van der Waals surface area contributed by atoms with E-state index in [0.717, 1.165) is 28.0 Å². The third-order valence-electron chi connectivity index (χ3n) is 3.01. The molecule has 1 aliphatic rings. The van der Waals surface area contributed by atoms with Crippen molar-refractivity contribution in [2.24, 2.45) is 0 Å². The summed E-state index contributed by atoms with van der Waals surface area (Å²) in [5.41, 5.74) is 3.57. The molecule has 0 unspecified atom stereocenters. The van der Waals surface area contributed by atoms with Crippen LogP contribution in [0.1, 0.15) is 22.8 Å². The molecule has 2 heteroatoms. The topological polar surface area (TPSA) is 26.3 Å². The van der Waals surface area contributed by atoms with E-state index in [-0.39, 0.29) is 5.78 Å². The van der Waals surface area contributed by atoms with Gasteiger partial charge >= 0.3 is 0 Å². The lowest BCUT2D eigenvalue weighted by atomic mass is 10.1. The molecule has 0 saturated heterocycles. The highest BCUT2D eigenvalue weighted by molar-refractivity contribution is 6.21. The summed E-state index contributed by atoms with van der Waals surface area (Å²) in [6.07, 6.45) is 0. The van der Waals surface area contributed by atoms with Crippen molar-refractivity contribution in [3.05, 3.63) is 53.6 Å². The van der Waals surface area contributed by atoms with Gasteiger partial charge in [-0.15, -0.1) is 0 Å². The molecule has 0 atom stereocenters. The van der Waals surface area contributed by atoms with Gasteiger partial charge in [-0.05, 0) is 36.2 Å². The molecule has 0 aliphatic heterocycles. The van der Waals surface area contributed by atoms with E-state index in [0.29, 0.717) is 6.61 Å². The maximum atomic E-state index is 12.2. The molecule has 2 aromatic rings. The van der Waals surface area contributed by atoms with Crippen LogP contribution in [0.25, 0.3) is 11.1 Å². The highest BCUT2D eigenvalue weighted by Crippen LogP contribution is 2.37. The molecule has 84 valence electrons. The minimum Gasteiger partial charge on any atom is -0.494 e. The summed E-state index contributed by atoms with van der Waals surface area (Å²) in [6.45, 7) is 2.55. The van der Waals surface area contributed by atoms with Crippen LogP contribution < -0.4 is 4.74 Å². The van der Waals surface area contributed by atoms with E-state index >= 15 is 0 Å². The summed E-state index contributed by atoms with van der Waals surface area (Å²) in [5, 5.41) is 0. The van der Waals surface area contributed by atoms with Crippen molar-refractivity contribution >= 4 is 5.78 Å². The van der Waals surface area contributed by atoms with Gasteiger partial charge in [-0.25, -0.2) is 0 Å². The molecule has 17 heavy (non-hydrogen) atoms. The van der Waals surface area contributed by atoms with Gasteiger partial charge in [0.2, 0.25) is 0 Å². The van der Waals surface area contributed by atoms with Crippen LogP contribution in [0.5, 0.6) is 5.75 Å². The van der Waals surface area contributed by atoms with Crippen LogP contribution in [-0.4, -0.2) is 12.4 Å². The van der Waals surface area contributed by atoms with Crippen LogP contribution in [0, 0.1) is 0 Å². The minimum absolute atomic E-state index is 0.0946.